The van der Waals surface area contributed by atoms with E-state index < -0.39 is 51.1 Å². The Morgan fingerprint density at radius 2 is 1.71 bits per heavy atom. The number of likely N-dealkylation sites (N-methyl/N-ethyl adjacent to an activating group) is 1. The van der Waals surface area contributed by atoms with E-state index in [1.807, 2.05) is 18.9 Å². The molecular weight excluding hydrogens is 563 g/mol. The van der Waals surface area contributed by atoms with Gasteiger partial charge in [0.05, 0.1) is 21.3 Å². The smallest absolute Gasteiger partial charge is 0.382 e. The zero-order valence-corrected chi connectivity index (χ0v) is 21.6. The van der Waals surface area contributed by atoms with Crippen LogP contribution < -0.4 is 5.32 Å². The molecule has 2 heterocycles. The predicted octanol–water partition coefficient (Wildman–Crippen LogP) is 5.48. The molecule has 2 aliphatic heterocycles. The van der Waals surface area contributed by atoms with E-state index >= 15 is 0 Å². The van der Waals surface area contributed by atoms with E-state index in [4.69, 9.17) is 28.0 Å². The molecule has 0 radical (unpaired) electrons. The Hall–Kier alpha value is -2.54. The van der Waals surface area contributed by atoms with Gasteiger partial charge in [-0.05, 0) is 37.2 Å². The molecule has 2 aliphatic rings. The molecule has 6 nitrogen and oxygen atoms in total. The number of alkyl halides is 6. The summed E-state index contributed by atoms with van der Waals surface area (Å²) < 4.78 is 82.5. The first-order valence-corrected chi connectivity index (χ1v) is 11.9. The fourth-order valence-electron chi connectivity index (χ4n) is 4.17. The van der Waals surface area contributed by atoms with Crippen molar-refractivity contribution in [2.24, 2.45) is 5.16 Å². The summed E-state index contributed by atoms with van der Waals surface area (Å²) in [5.41, 5.74) is -5.84. The molecular formula is C24H23Cl2F6N3O3. The second kappa shape index (κ2) is 10.9. The summed E-state index contributed by atoms with van der Waals surface area (Å²) in [4.78, 5) is 16.0. The number of amides is 1. The maximum atomic E-state index is 14.2. The molecule has 1 fully saturated rings. The molecule has 4 rings (SSSR count). The zero-order chi connectivity index (χ0) is 28.5. The summed E-state index contributed by atoms with van der Waals surface area (Å²) in [6.45, 7) is 3.41. The lowest BCUT2D eigenvalue weighted by Crippen LogP contribution is -2.57. The maximum absolute atomic E-state index is 14.2. The number of carbonyl (C=O) groups excluding carboxylic acids is 1. The van der Waals surface area contributed by atoms with Crippen LogP contribution in [0.2, 0.25) is 10.0 Å². The standard InChI is InChI=1S/C21H16Cl2F6N2O2.C3H7NO/c1-31-9-18(32,10-31)12-4-2-11(3-5-12)16-8-19(33-30-16,21(27,28)29)13-6-14(20(24,25)26)17(23)15(22)7-13;1-2-4-3-5/h2-7,32H,8-10H2,1H3;3H,2H2,1H3,(H,4,5). The van der Waals surface area contributed by atoms with Crippen molar-refractivity contribution in [3.05, 3.63) is 68.7 Å². The van der Waals surface area contributed by atoms with E-state index in [0.717, 1.165) is 6.54 Å². The molecule has 1 atom stereocenters. The first-order valence-electron chi connectivity index (χ1n) is 11.2. The first-order chi connectivity index (χ1) is 17.6. The highest BCUT2D eigenvalue weighted by molar-refractivity contribution is 6.42. The van der Waals surface area contributed by atoms with E-state index in [9.17, 15) is 36.2 Å². The van der Waals surface area contributed by atoms with E-state index in [2.05, 4.69) is 10.5 Å². The molecule has 0 aliphatic carbocycles. The summed E-state index contributed by atoms with van der Waals surface area (Å²) in [6, 6.07) is 7.09. The quantitative estimate of drug-likeness (QED) is 0.360. The lowest BCUT2D eigenvalue weighted by atomic mass is 9.84. The normalized spacial score (nSPS) is 21.0. The van der Waals surface area contributed by atoms with Crippen LogP contribution in [0.15, 0.2) is 41.6 Å². The van der Waals surface area contributed by atoms with Gasteiger partial charge >= 0.3 is 12.4 Å². The number of hydrogen-bond donors (Lipinski definition) is 2. The minimum atomic E-state index is -5.12. The summed E-state index contributed by atoms with van der Waals surface area (Å²) >= 11 is 11.3. The van der Waals surface area contributed by atoms with Crippen LogP contribution in [0, 0.1) is 0 Å². The molecule has 2 aromatic carbocycles. The van der Waals surface area contributed by atoms with Crippen LogP contribution in [0.25, 0.3) is 0 Å². The topological polar surface area (TPSA) is 74.2 Å². The molecule has 1 unspecified atom stereocenters. The third kappa shape index (κ3) is 5.88. The van der Waals surface area contributed by atoms with Crippen molar-refractivity contribution in [1.29, 1.82) is 0 Å². The van der Waals surface area contributed by atoms with E-state index in [-0.39, 0.29) is 17.3 Å². The molecule has 1 amide bonds. The maximum Gasteiger partial charge on any atom is 0.435 e. The van der Waals surface area contributed by atoms with Crippen molar-refractivity contribution >= 4 is 35.3 Å². The number of β-amino-alcohol motifs (C(OH)–C–C–N with tert-alkyl or cyclic N) is 1. The number of halogens is 8. The Morgan fingerprint density at radius 3 is 2.16 bits per heavy atom. The predicted molar refractivity (Wildman–Crippen MR) is 129 cm³/mol. The van der Waals surface area contributed by atoms with Crippen LogP contribution >= 0.6 is 23.2 Å². The van der Waals surface area contributed by atoms with Crippen LogP contribution in [0.4, 0.5) is 26.3 Å². The van der Waals surface area contributed by atoms with Crippen molar-refractivity contribution in [2.45, 2.75) is 36.9 Å². The fourth-order valence-corrected chi connectivity index (χ4v) is 4.61. The van der Waals surface area contributed by atoms with Crippen LogP contribution in [0.5, 0.6) is 0 Å². The number of oxime groups is 1. The lowest BCUT2D eigenvalue weighted by Gasteiger charge is -2.44. The van der Waals surface area contributed by atoms with Crippen molar-refractivity contribution < 1.29 is 41.1 Å². The molecule has 2 aromatic rings. The van der Waals surface area contributed by atoms with Gasteiger partial charge in [-0.25, -0.2) is 0 Å². The molecule has 0 spiro atoms. The third-order valence-electron chi connectivity index (χ3n) is 6.09. The number of rotatable bonds is 5. The van der Waals surface area contributed by atoms with E-state index in [1.165, 1.54) is 12.1 Å². The molecule has 0 aromatic heterocycles. The van der Waals surface area contributed by atoms with Gasteiger partial charge in [-0.3, -0.25) is 9.69 Å². The third-order valence-corrected chi connectivity index (χ3v) is 6.89. The fraction of sp³-hybridized carbons (Fsp3) is 0.417. The Bertz CT molecular complexity index is 1200. The largest absolute Gasteiger partial charge is 0.435 e. The number of nitrogens with one attached hydrogen (secondary N) is 1. The summed E-state index contributed by atoms with van der Waals surface area (Å²) in [7, 11) is 1.83. The molecule has 1 saturated heterocycles. The van der Waals surface area contributed by atoms with Crippen LogP contribution in [0.1, 0.15) is 35.6 Å². The van der Waals surface area contributed by atoms with Gasteiger partial charge in [0.25, 0.3) is 5.60 Å². The summed E-state index contributed by atoms with van der Waals surface area (Å²) in [5.74, 6) is 0. The molecule has 0 saturated carbocycles. The zero-order valence-electron chi connectivity index (χ0n) is 20.1. The summed E-state index contributed by atoms with van der Waals surface area (Å²) in [5, 5.41) is 14.9. The van der Waals surface area contributed by atoms with Gasteiger partial charge in [-0.1, -0.05) is 52.6 Å². The Kier molecular flexibility index (Phi) is 8.62. The van der Waals surface area contributed by atoms with Gasteiger partial charge in [0, 0.05) is 31.6 Å². The van der Waals surface area contributed by atoms with E-state index in [1.54, 1.807) is 12.1 Å². The van der Waals surface area contributed by atoms with Gasteiger partial charge in [0.2, 0.25) is 6.41 Å². The number of benzene rings is 2. The highest BCUT2D eigenvalue weighted by atomic mass is 35.5. The number of aliphatic hydroxyl groups is 1. The minimum absolute atomic E-state index is 0.115. The Labute approximate surface area is 224 Å². The molecule has 14 heteroatoms. The highest BCUT2D eigenvalue weighted by Crippen LogP contribution is 2.51. The average Bonchev–Trinajstić information content (AvgIpc) is 3.27. The number of carbonyl (C=O) groups is 1. The summed E-state index contributed by atoms with van der Waals surface area (Å²) in [6.07, 6.45) is -10.3. The average molecular weight is 586 g/mol. The highest BCUT2D eigenvalue weighted by Gasteiger charge is 2.63. The Morgan fingerprint density at radius 1 is 1.11 bits per heavy atom. The first kappa shape index (κ1) is 30.0. The van der Waals surface area contributed by atoms with Gasteiger partial charge in [0.1, 0.15) is 5.60 Å². The monoisotopic (exact) mass is 585 g/mol. The molecule has 208 valence electrons. The number of likely N-dealkylation sites (tertiary alicyclic amines) is 1. The van der Waals surface area contributed by atoms with Gasteiger partial charge in [0.15, 0.2) is 0 Å². The Balaban J connectivity index is 0.000000732. The van der Waals surface area contributed by atoms with Crippen molar-refractivity contribution in [3.63, 3.8) is 0 Å². The SMILES string of the molecule is CCNC=O.CN1CC(O)(c2ccc(C3=NOC(c4cc(Cl)c(Cl)c(C(F)(F)F)c4)(C(F)(F)F)C3)cc2)C1. The minimum Gasteiger partial charge on any atom is -0.382 e. The molecule has 0 bridgehead atoms. The van der Waals surface area contributed by atoms with Gasteiger partial charge < -0.3 is 15.3 Å². The molecule has 2 N–H and O–H groups in total. The van der Waals surface area contributed by atoms with Gasteiger partial charge in [-0.2, -0.15) is 26.3 Å². The van der Waals surface area contributed by atoms with Crippen molar-refractivity contribution in [3.8, 4) is 0 Å². The van der Waals surface area contributed by atoms with Crippen LogP contribution in [0.3, 0.4) is 0 Å². The van der Waals surface area contributed by atoms with Crippen molar-refractivity contribution in [2.75, 3.05) is 26.7 Å². The number of hydrogen-bond acceptors (Lipinski definition) is 5. The second-order valence-corrected chi connectivity index (χ2v) is 9.69. The van der Waals surface area contributed by atoms with Crippen LogP contribution in [-0.4, -0.2) is 55.0 Å². The van der Waals surface area contributed by atoms with Crippen LogP contribution in [-0.2, 0) is 27.0 Å². The van der Waals surface area contributed by atoms with Crippen molar-refractivity contribution in [1.82, 2.24) is 10.2 Å². The van der Waals surface area contributed by atoms with Gasteiger partial charge in [-0.15, -0.1) is 0 Å². The lowest BCUT2D eigenvalue weighted by molar-refractivity contribution is -0.276. The number of nitrogens with zero attached hydrogens (tertiary/aromatic N) is 2. The van der Waals surface area contributed by atoms with E-state index in [0.29, 0.717) is 31.1 Å². The molecule has 38 heavy (non-hydrogen) atoms. The second-order valence-electron chi connectivity index (χ2n) is 8.90.